The van der Waals surface area contributed by atoms with E-state index in [2.05, 4.69) is 13.2 Å². The molecule has 0 aliphatic rings. The van der Waals surface area contributed by atoms with Gasteiger partial charge < -0.3 is 19.8 Å². The zero-order chi connectivity index (χ0) is 10.3. The van der Waals surface area contributed by atoms with Gasteiger partial charge in [-0.1, -0.05) is 13.2 Å². The third-order valence-electron chi connectivity index (χ3n) is 0.697. The maximum atomic E-state index is 9.49. The fourth-order valence-electron chi connectivity index (χ4n) is 0. The Kier molecular flexibility index (Phi) is 13.2. The molecule has 0 heterocycles. The van der Waals surface area contributed by atoms with E-state index in [1.807, 2.05) is 0 Å². The molecule has 0 aromatic carbocycles. The first-order valence-corrected chi connectivity index (χ1v) is 3.02. The van der Waals surface area contributed by atoms with Gasteiger partial charge in [-0.3, -0.25) is 0 Å². The Balaban J connectivity index is -0.000000143. The molecule has 0 fully saturated rings. The summed E-state index contributed by atoms with van der Waals surface area (Å²) < 4.78 is 0. The molecule has 0 N–H and O–H groups in total. The molecule has 13 heavy (non-hydrogen) atoms. The van der Waals surface area contributed by atoms with Gasteiger partial charge in [-0.15, -0.1) is 0 Å². The largest absolute Gasteiger partial charge is 2.00 e. The monoisotopic (exact) mass is 372 g/mol. The third kappa shape index (κ3) is 18.4. The van der Waals surface area contributed by atoms with E-state index in [1.165, 1.54) is 13.8 Å². The molecular formula is C8H10HgO4. The molecule has 0 amide bonds. The fourth-order valence-corrected chi connectivity index (χ4v) is 0. The Morgan fingerprint density at radius 1 is 0.923 bits per heavy atom. The summed E-state index contributed by atoms with van der Waals surface area (Å²) in [4.78, 5) is 19.0. The summed E-state index contributed by atoms with van der Waals surface area (Å²) in [6.07, 6.45) is 0. The first kappa shape index (κ1) is 18.2. The molecule has 0 rings (SSSR count). The van der Waals surface area contributed by atoms with Crippen molar-refractivity contribution in [1.29, 1.82) is 0 Å². The van der Waals surface area contributed by atoms with Crippen LogP contribution in [0.1, 0.15) is 13.8 Å². The van der Waals surface area contributed by atoms with E-state index < -0.39 is 11.9 Å². The standard InChI is InChI=1S/2C4H6O2.Hg/c2*1-3(2)4(5)6;/h2*1H2,2H3,(H,5,6);/q;;+2/p-2. The second-order valence-electron chi connectivity index (χ2n) is 2.14. The van der Waals surface area contributed by atoms with E-state index in [4.69, 9.17) is 0 Å². The molecule has 4 nitrogen and oxygen atoms in total. The van der Waals surface area contributed by atoms with Gasteiger partial charge in [0, 0.05) is 0 Å². The van der Waals surface area contributed by atoms with Crippen LogP contribution in [0.4, 0.5) is 0 Å². The first-order chi connectivity index (χ1) is 5.29. The quantitative estimate of drug-likeness (QED) is 0.443. The van der Waals surface area contributed by atoms with Gasteiger partial charge in [0.15, 0.2) is 0 Å². The Labute approximate surface area is 97.5 Å². The van der Waals surface area contributed by atoms with Crippen molar-refractivity contribution in [2.24, 2.45) is 0 Å². The predicted molar refractivity (Wildman–Crippen MR) is 39.6 cm³/mol. The average Bonchev–Trinajstić information content (AvgIpc) is 1.88. The Morgan fingerprint density at radius 3 is 1.00 bits per heavy atom. The van der Waals surface area contributed by atoms with Gasteiger partial charge in [0.05, 0.1) is 11.9 Å². The molecule has 0 unspecified atom stereocenters. The molecule has 0 aliphatic carbocycles. The normalized spacial score (nSPS) is 6.92. The first-order valence-electron chi connectivity index (χ1n) is 3.02. The molecule has 68 valence electrons. The number of aliphatic carboxylic acids is 2. The van der Waals surface area contributed by atoms with Crippen LogP contribution in [0.5, 0.6) is 0 Å². The van der Waals surface area contributed by atoms with Gasteiger partial charge in [0.2, 0.25) is 0 Å². The summed E-state index contributed by atoms with van der Waals surface area (Å²) in [6.45, 7) is 8.95. The second kappa shape index (κ2) is 9.44. The van der Waals surface area contributed by atoms with E-state index in [-0.39, 0.29) is 38.8 Å². The van der Waals surface area contributed by atoms with Gasteiger partial charge >= 0.3 is 27.7 Å². The van der Waals surface area contributed by atoms with Crippen LogP contribution in [0, 0.1) is 0 Å². The van der Waals surface area contributed by atoms with Crippen LogP contribution < -0.4 is 10.2 Å². The number of carboxylic acid groups (broad SMARTS) is 2. The number of carbonyl (C=O) groups is 2. The van der Waals surface area contributed by atoms with Gasteiger partial charge in [0.1, 0.15) is 0 Å². The predicted octanol–water partition coefficient (Wildman–Crippen LogP) is -1.38. The molecular weight excluding hydrogens is 361 g/mol. The zero-order valence-corrected chi connectivity index (χ0v) is 13.3. The number of carbonyl (C=O) groups excluding carboxylic acids is 2. The molecule has 0 saturated carbocycles. The topological polar surface area (TPSA) is 80.3 Å². The van der Waals surface area contributed by atoms with Crippen LogP contribution in [0.15, 0.2) is 24.3 Å². The minimum absolute atomic E-state index is 0. The summed E-state index contributed by atoms with van der Waals surface area (Å²) in [5, 5.41) is 19.0. The maximum absolute atomic E-state index is 9.49. The van der Waals surface area contributed by atoms with E-state index in [0.29, 0.717) is 0 Å². The molecule has 0 aromatic rings. The molecule has 0 atom stereocenters. The summed E-state index contributed by atoms with van der Waals surface area (Å²) in [5.41, 5.74) is 0.130. The van der Waals surface area contributed by atoms with Crippen molar-refractivity contribution < 1.29 is 47.5 Å². The minimum Gasteiger partial charge on any atom is -0.545 e. The van der Waals surface area contributed by atoms with Gasteiger partial charge in [-0.2, -0.15) is 0 Å². The van der Waals surface area contributed by atoms with Crippen LogP contribution in [-0.4, -0.2) is 11.9 Å². The second-order valence-corrected chi connectivity index (χ2v) is 2.14. The van der Waals surface area contributed by atoms with Gasteiger partial charge in [-0.05, 0) is 25.0 Å². The van der Waals surface area contributed by atoms with Crippen molar-refractivity contribution in [2.45, 2.75) is 13.8 Å². The minimum atomic E-state index is -1.19. The summed E-state index contributed by atoms with van der Waals surface area (Å²) in [6, 6.07) is 0. The Hall–Kier alpha value is -0.645. The maximum Gasteiger partial charge on any atom is 2.00 e. The molecule has 0 aliphatic heterocycles. The van der Waals surface area contributed by atoms with Crippen molar-refractivity contribution in [2.75, 3.05) is 0 Å². The number of hydrogen-bond donors (Lipinski definition) is 0. The zero-order valence-electron chi connectivity index (χ0n) is 7.75. The van der Waals surface area contributed by atoms with Crippen LogP contribution in [0.2, 0.25) is 0 Å². The summed E-state index contributed by atoms with van der Waals surface area (Å²) >= 11 is 0. The van der Waals surface area contributed by atoms with Crippen LogP contribution >= 0.6 is 0 Å². The number of hydrogen-bond acceptors (Lipinski definition) is 4. The van der Waals surface area contributed by atoms with E-state index in [1.54, 1.807) is 0 Å². The van der Waals surface area contributed by atoms with E-state index in [9.17, 15) is 19.8 Å². The van der Waals surface area contributed by atoms with Crippen molar-refractivity contribution in [1.82, 2.24) is 0 Å². The van der Waals surface area contributed by atoms with E-state index >= 15 is 0 Å². The summed E-state index contributed by atoms with van der Waals surface area (Å²) in [5.74, 6) is -2.37. The van der Waals surface area contributed by atoms with Crippen LogP contribution in [-0.2, 0) is 37.3 Å². The van der Waals surface area contributed by atoms with Crippen molar-refractivity contribution in [3.63, 3.8) is 0 Å². The van der Waals surface area contributed by atoms with Crippen molar-refractivity contribution >= 4 is 11.9 Å². The third-order valence-corrected chi connectivity index (χ3v) is 0.697. The van der Waals surface area contributed by atoms with Crippen molar-refractivity contribution in [3.8, 4) is 0 Å². The molecule has 0 radical (unpaired) electrons. The fraction of sp³-hybridized carbons (Fsp3) is 0.250. The Bertz CT molecular complexity index is 172. The molecule has 0 aromatic heterocycles. The molecule has 0 spiro atoms. The van der Waals surface area contributed by atoms with Crippen molar-refractivity contribution in [3.05, 3.63) is 24.3 Å². The SMILES string of the molecule is C=C(C)C(=O)[O-].C=C(C)C(=O)[O-].[Hg+2]. The number of rotatable bonds is 2. The van der Waals surface area contributed by atoms with E-state index in [0.717, 1.165) is 0 Å². The summed E-state index contributed by atoms with van der Waals surface area (Å²) in [7, 11) is 0. The molecule has 5 heteroatoms. The molecule has 0 bridgehead atoms. The van der Waals surface area contributed by atoms with Crippen LogP contribution in [0.25, 0.3) is 0 Å². The number of carboxylic acids is 2. The Morgan fingerprint density at radius 2 is 1.00 bits per heavy atom. The smallest absolute Gasteiger partial charge is 0.545 e. The molecule has 0 saturated heterocycles. The average molecular weight is 371 g/mol. The van der Waals surface area contributed by atoms with Gasteiger partial charge in [-0.25, -0.2) is 0 Å². The van der Waals surface area contributed by atoms with Crippen LogP contribution in [0.3, 0.4) is 0 Å². The van der Waals surface area contributed by atoms with Gasteiger partial charge in [0.25, 0.3) is 0 Å².